The molecule has 0 radical (unpaired) electrons. The smallest absolute Gasteiger partial charge is 0.257 e. The van der Waals surface area contributed by atoms with Crippen molar-refractivity contribution in [3.05, 3.63) is 65.7 Å². The van der Waals surface area contributed by atoms with E-state index in [1.54, 1.807) is 11.8 Å². The highest BCUT2D eigenvalue weighted by molar-refractivity contribution is 7.97. The normalized spacial score (nSPS) is 10.5. The molecule has 1 heterocycles. The van der Waals surface area contributed by atoms with E-state index >= 15 is 0 Å². The van der Waals surface area contributed by atoms with Gasteiger partial charge in [-0.3, -0.25) is 10.1 Å². The monoisotopic (exact) mass is 341 g/mol. The Balaban J connectivity index is 1.69. The minimum atomic E-state index is -0.170. The van der Waals surface area contributed by atoms with Crippen molar-refractivity contribution in [2.24, 2.45) is 0 Å². The number of benzene rings is 2. The summed E-state index contributed by atoms with van der Waals surface area (Å²) in [4.78, 5) is 12.3. The highest BCUT2D eigenvalue weighted by Crippen LogP contribution is 2.26. The standard InChI is InChI=1S/C17H15N3OS2/c1-22-11-12-7-9-13(10-8-12)15(21)18-17-20-19-16(23-17)14-5-3-2-4-6-14/h2-10H,11H2,1H3,(H,18,20,21). The van der Waals surface area contributed by atoms with Crippen molar-refractivity contribution in [3.63, 3.8) is 0 Å². The Morgan fingerprint density at radius 3 is 2.52 bits per heavy atom. The Bertz CT molecular complexity index is 785. The summed E-state index contributed by atoms with van der Waals surface area (Å²) in [5, 5.41) is 12.3. The van der Waals surface area contributed by atoms with Crippen LogP contribution in [-0.4, -0.2) is 22.4 Å². The summed E-state index contributed by atoms with van der Waals surface area (Å²) in [5.41, 5.74) is 2.81. The van der Waals surface area contributed by atoms with Crippen LogP contribution in [0.3, 0.4) is 0 Å². The zero-order chi connectivity index (χ0) is 16.1. The van der Waals surface area contributed by atoms with Gasteiger partial charge in [0.25, 0.3) is 5.91 Å². The topological polar surface area (TPSA) is 54.9 Å². The molecule has 23 heavy (non-hydrogen) atoms. The number of amides is 1. The quantitative estimate of drug-likeness (QED) is 0.751. The molecule has 1 aromatic heterocycles. The van der Waals surface area contributed by atoms with Gasteiger partial charge in [-0.1, -0.05) is 53.8 Å². The molecule has 0 fully saturated rings. The molecule has 6 heteroatoms. The number of nitrogens with one attached hydrogen (secondary N) is 1. The second-order valence-corrected chi connectivity index (χ2v) is 6.71. The maximum Gasteiger partial charge on any atom is 0.257 e. The highest BCUT2D eigenvalue weighted by Gasteiger charge is 2.11. The van der Waals surface area contributed by atoms with Crippen LogP contribution in [0.5, 0.6) is 0 Å². The molecule has 1 N–H and O–H groups in total. The summed E-state index contributed by atoms with van der Waals surface area (Å²) in [6, 6.07) is 17.4. The first-order valence-electron chi connectivity index (χ1n) is 7.04. The molecule has 0 atom stereocenters. The van der Waals surface area contributed by atoms with Gasteiger partial charge in [0, 0.05) is 16.9 Å². The third kappa shape index (κ3) is 3.97. The van der Waals surface area contributed by atoms with Gasteiger partial charge in [-0.25, -0.2) is 0 Å². The van der Waals surface area contributed by atoms with E-state index in [1.807, 2.05) is 54.6 Å². The number of thioether (sulfide) groups is 1. The summed E-state index contributed by atoms with van der Waals surface area (Å²) in [7, 11) is 0. The van der Waals surface area contributed by atoms with Gasteiger partial charge < -0.3 is 0 Å². The average molecular weight is 341 g/mol. The molecular formula is C17H15N3OS2. The van der Waals surface area contributed by atoms with Crippen LogP contribution in [-0.2, 0) is 5.75 Å². The Morgan fingerprint density at radius 1 is 1.09 bits per heavy atom. The molecule has 0 saturated carbocycles. The number of hydrogen-bond donors (Lipinski definition) is 1. The highest BCUT2D eigenvalue weighted by atomic mass is 32.2. The number of anilines is 1. The molecule has 1 amide bonds. The molecule has 0 bridgehead atoms. The summed E-state index contributed by atoms with van der Waals surface area (Å²) in [5.74, 6) is 0.773. The Morgan fingerprint density at radius 2 is 1.83 bits per heavy atom. The number of rotatable bonds is 5. The summed E-state index contributed by atoms with van der Waals surface area (Å²) in [6.07, 6.45) is 2.06. The molecule has 0 unspecified atom stereocenters. The van der Waals surface area contributed by atoms with Gasteiger partial charge in [0.1, 0.15) is 5.01 Å². The molecule has 0 aliphatic carbocycles. The molecule has 0 aliphatic heterocycles. The Labute approximate surface area is 143 Å². The number of hydrogen-bond acceptors (Lipinski definition) is 5. The third-order valence-corrected chi connectivity index (χ3v) is 4.70. The molecule has 2 aromatic carbocycles. The SMILES string of the molecule is CSCc1ccc(C(=O)Nc2nnc(-c3ccccc3)s2)cc1. The van der Waals surface area contributed by atoms with Crippen molar-refractivity contribution in [2.75, 3.05) is 11.6 Å². The average Bonchev–Trinajstić information content (AvgIpc) is 3.05. The minimum absolute atomic E-state index is 0.170. The molecule has 3 rings (SSSR count). The second-order valence-electron chi connectivity index (χ2n) is 4.86. The second kappa shape index (κ2) is 7.39. The van der Waals surface area contributed by atoms with E-state index in [1.165, 1.54) is 16.9 Å². The molecular weight excluding hydrogens is 326 g/mol. The van der Waals surface area contributed by atoms with Crippen LogP contribution in [0.2, 0.25) is 0 Å². The van der Waals surface area contributed by atoms with E-state index in [0.717, 1.165) is 16.3 Å². The lowest BCUT2D eigenvalue weighted by Gasteiger charge is -2.03. The molecule has 4 nitrogen and oxygen atoms in total. The van der Waals surface area contributed by atoms with Crippen molar-refractivity contribution < 1.29 is 4.79 Å². The first kappa shape index (κ1) is 15.7. The van der Waals surface area contributed by atoms with Gasteiger partial charge in [-0.15, -0.1) is 10.2 Å². The van der Waals surface area contributed by atoms with E-state index in [9.17, 15) is 4.79 Å². The van der Waals surface area contributed by atoms with E-state index in [4.69, 9.17) is 0 Å². The number of aromatic nitrogens is 2. The van der Waals surface area contributed by atoms with Gasteiger partial charge in [0.15, 0.2) is 0 Å². The number of carbonyl (C=O) groups excluding carboxylic acids is 1. The molecule has 0 spiro atoms. The van der Waals surface area contributed by atoms with E-state index in [-0.39, 0.29) is 5.91 Å². The van der Waals surface area contributed by atoms with Crippen molar-refractivity contribution in [3.8, 4) is 10.6 Å². The van der Waals surface area contributed by atoms with Gasteiger partial charge in [0.05, 0.1) is 0 Å². The number of nitrogens with zero attached hydrogens (tertiary/aromatic N) is 2. The van der Waals surface area contributed by atoms with Gasteiger partial charge in [-0.05, 0) is 24.0 Å². The first-order valence-corrected chi connectivity index (χ1v) is 9.25. The van der Waals surface area contributed by atoms with Gasteiger partial charge in [-0.2, -0.15) is 11.8 Å². The zero-order valence-electron chi connectivity index (χ0n) is 12.5. The first-order chi connectivity index (χ1) is 11.3. The van der Waals surface area contributed by atoms with E-state index < -0.39 is 0 Å². The summed E-state index contributed by atoms with van der Waals surface area (Å²) >= 11 is 3.12. The van der Waals surface area contributed by atoms with Crippen LogP contribution in [0, 0.1) is 0 Å². The number of carbonyl (C=O) groups is 1. The van der Waals surface area contributed by atoms with Crippen molar-refractivity contribution in [1.29, 1.82) is 0 Å². The lowest BCUT2D eigenvalue weighted by atomic mass is 10.1. The fourth-order valence-corrected chi connectivity index (χ4v) is 3.33. The Kier molecular flexibility index (Phi) is 5.05. The lowest BCUT2D eigenvalue weighted by molar-refractivity contribution is 0.102. The molecule has 116 valence electrons. The summed E-state index contributed by atoms with van der Waals surface area (Å²) in [6.45, 7) is 0. The summed E-state index contributed by atoms with van der Waals surface area (Å²) < 4.78 is 0. The Hall–Kier alpha value is -2.18. The van der Waals surface area contributed by atoms with Crippen LogP contribution in [0.25, 0.3) is 10.6 Å². The van der Waals surface area contributed by atoms with Crippen molar-refractivity contribution >= 4 is 34.1 Å². The fraction of sp³-hybridized carbons (Fsp3) is 0.118. The van der Waals surface area contributed by atoms with Gasteiger partial charge in [0.2, 0.25) is 5.13 Å². The van der Waals surface area contributed by atoms with Crippen LogP contribution in [0.1, 0.15) is 15.9 Å². The maximum absolute atomic E-state index is 12.3. The predicted octanol–water partition coefficient (Wildman–Crippen LogP) is 4.32. The fourth-order valence-electron chi connectivity index (χ4n) is 2.06. The van der Waals surface area contributed by atoms with Crippen molar-refractivity contribution in [2.45, 2.75) is 5.75 Å². The van der Waals surface area contributed by atoms with E-state index in [2.05, 4.69) is 21.8 Å². The molecule has 0 aliphatic rings. The van der Waals surface area contributed by atoms with Gasteiger partial charge >= 0.3 is 0 Å². The third-order valence-electron chi connectivity index (χ3n) is 3.19. The van der Waals surface area contributed by atoms with E-state index in [0.29, 0.717) is 10.7 Å². The lowest BCUT2D eigenvalue weighted by Crippen LogP contribution is -2.11. The van der Waals surface area contributed by atoms with Crippen LogP contribution < -0.4 is 5.32 Å². The van der Waals surface area contributed by atoms with Crippen LogP contribution in [0.4, 0.5) is 5.13 Å². The molecule has 3 aromatic rings. The predicted molar refractivity (Wildman–Crippen MR) is 97.0 cm³/mol. The zero-order valence-corrected chi connectivity index (χ0v) is 14.2. The maximum atomic E-state index is 12.3. The largest absolute Gasteiger partial charge is 0.296 e. The minimum Gasteiger partial charge on any atom is -0.296 e. The van der Waals surface area contributed by atoms with Crippen LogP contribution in [0.15, 0.2) is 54.6 Å². The van der Waals surface area contributed by atoms with Crippen LogP contribution >= 0.6 is 23.1 Å². The van der Waals surface area contributed by atoms with Crippen molar-refractivity contribution in [1.82, 2.24) is 10.2 Å². The molecule has 0 saturated heterocycles.